The molecule has 4 fully saturated rings. The van der Waals surface area contributed by atoms with Crippen LogP contribution in [0.2, 0.25) is 0 Å². The monoisotopic (exact) mass is 468 g/mol. The number of carbonyl (C=O) groups excluding carboxylic acids is 4. The van der Waals surface area contributed by atoms with E-state index in [-0.39, 0.29) is 36.5 Å². The van der Waals surface area contributed by atoms with Gasteiger partial charge in [-0.2, -0.15) is 0 Å². The number of amides is 4. The molecular weight excluding hydrogens is 436 g/mol. The third kappa shape index (κ3) is 4.63. The van der Waals surface area contributed by atoms with Gasteiger partial charge >= 0.3 is 0 Å². The van der Waals surface area contributed by atoms with E-state index in [1.54, 1.807) is 24.3 Å². The molecule has 182 valence electrons. The summed E-state index contributed by atoms with van der Waals surface area (Å²) in [6, 6.07) is 5.38. The number of imide groups is 2. The van der Waals surface area contributed by atoms with E-state index < -0.39 is 12.1 Å². The quantitative estimate of drug-likeness (QED) is 0.594. The summed E-state index contributed by atoms with van der Waals surface area (Å²) in [6.07, 6.45) is 6.92. The van der Waals surface area contributed by atoms with Crippen LogP contribution in [0, 0.1) is 0 Å². The van der Waals surface area contributed by atoms with E-state index in [0.29, 0.717) is 11.4 Å². The van der Waals surface area contributed by atoms with E-state index in [0.717, 1.165) is 51.9 Å². The van der Waals surface area contributed by atoms with Crippen molar-refractivity contribution >= 4 is 35.0 Å². The molecule has 10 heteroatoms. The zero-order valence-corrected chi connectivity index (χ0v) is 19.4. The molecule has 2 N–H and O–H groups in total. The van der Waals surface area contributed by atoms with Crippen LogP contribution in [-0.4, -0.2) is 71.9 Å². The Morgan fingerprint density at radius 3 is 1.26 bits per heavy atom. The Bertz CT molecular complexity index is 878. The van der Waals surface area contributed by atoms with E-state index in [1.165, 1.54) is 22.6 Å². The number of hydrazine groups is 2. The maximum atomic E-state index is 13.0. The van der Waals surface area contributed by atoms with Crippen LogP contribution >= 0.6 is 0 Å². The number of rotatable bonds is 6. The topological polar surface area (TPSA) is 105 Å². The molecule has 4 saturated heterocycles. The fraction of sp³-hybridized carbons (Fsp3) is 0.583. The molecule has 0 spiro atoms. The van der Waals surface area contributed by atoms with Crippen molar-refractivity contribution in [2.45, 2.75) is 63.5 Å². The zero-order valence-electron chi connectivity index (χ0n) is 19.4. The first-order valence-corrected chi connectivity index (χ1v) is 12.4. The lowest BCUT2D eigenvalue weighted by Gasteiger charge is -2.29. The van der Waals surface area contributed by atoms with Gasteiger partial charge in [0.15, 0.2) is 0 Å². The Morgan fingerprint density at radius 2 is 0.912 bits per heavy atom. The summed E-state index contributed by atoms with van der Waals surface area (Å²) in [5.74, 6) is -1.07. The van der Waals surface area contributed by atoms with E-state index in [9.17, 15) is 19.2 Å². The number of nitrogens with zero attached hydrogens (tertiary/aromatic N) is 4. The molecule has 4 heterocycles. The lowest BCUT2D eigenvalue weighted by atomic mass is 10.1. The van der Waals surface area contributed by atoms with E-state index in [1.807, 2.05) is 10.0 Å². The van der Waals surface area contributed by atoms with E-state index in [2.05, 4.69) is 10.9 Å². The number of benzene rings is 1. The zero-order chi connectivity index (χ0) is 23.7. The predicted molar refractivity (Wildman–Crippen MR) is 125 cm³/mol. The number of carbonyl (C=O) groups is 4. The molecule has 0 saturated carbocycles. The van der Waals surface area contributed by atoms with Crippen molar-refractivity contribution in [3.05, 3.63) is 24.3 Å². The van der Waals surface area contributed by atoms with Gasteiger partial charge in [-0.3, -0.25) is 19.2 Å². The van der Waals surface area contributed by atoms with E-state index in [4.69, 9.17) is 0 Å². The molecule has 2 atom stereocenters. The molecule has 10 nitrogen and oxygen atoms in total. The highest BCUT2D eigenvalue weighted by atomic mass is 16.2. The number of nitrogens with one attached hydrogen (secondary N) is 2. The van der Waals surface area contributed by atoms with Crippen LogP contribution in [0.3, 0.4) is 0 Å². The molecule has 0 radical (unpaired) electrons. The minimum absolute atomic E-state index is 0.115. The number of hydrogen-bond donors (Lipinski definition) is 2. The molecule has 4 aliphatic rings. The van der Waals surface area contributed by atoms with E-state index >= 15 is 0 Å². The Hall–Kier alpha value is -2.66. The van der Waals surface area contributed by atoms with Gasteiger partial charge in [-0.15, -0.1) is 0 Å². The lowest BCUT2D eigenvalue weighted by Crippen LogP contribution is -2.50. The van der Waals surface area contributed by atoms with Crippen LogP contribution in [0.1, 0.15) is 51.4 Å². The Kier molecular flexibility index (Phi) is 6.73. The first kappa shape index (κ1) is 23.1. The molecule has 1 aromatic rings. The first-order chi connectivity index (χ1) is 16.5. The molecule has 2 unspecified atom stereocenters. The highest BCUT2D eigenvalue weighted by Gasteiger charge is 2.42. The second-order valence-corrected chi connectivity index (χ2v) is 9.52. The Labute approximate surface area is 199 Å². The van der Waals surface area contributed by atoms with Gasteiger partial charge in [0.2, 0.25) is 11.8 Å². The van der Waals surface area contributed by atoms with Gasteiger partial charge in [0.1, 0.15) is 12.1 Å². The van der Waals surface area contributed by atoms with Crippen molar-refractivity contribution in [3.63, 3.8) is 0 Å². The van der Waals surface area contributed by atoms with Crippen LogP contribution in [0.5, 0.6) is 0 Å². The summed E-state index contributed by atoms with van der Waals surface area (Å²) < 4.78 is 0. The standard InChI is InChI=1S/C24H32N6O4/c31-21-15-19(25-27-11-3-1-4-12-27)23(33)29(21)17-7-9-18(10-8-17)30-22(32)16-20(24(30)34)26-28-13-5-2-6-14-28/h7-10,19-20,25-26H,1-6,11-16H2. The molecule has 1 aromatic carbocycles. The normalized spacial score (nSPS) is 27.3. The van der Waals surface area contributed by atoms with Gasteiger partial charge in [0.05, 0.1) is 24.2 Å². The molecule has 4 amide bonds. The van der Waals surface area contributed by atoms with Crippen molar-refractivity contribution in [2.24, 2.45) is 0 Å². The van der Waals surface area contributed by atoms with Crippen LogP contribution in [0.15, 0.2) is 24.3 Å². The largest absolute Gasteiger partial charge is 0.274 e. The van der Waals surface area contributed by atoms with Crippen molar-refractivity contribution < 1.29 is 19.2 Å². The van der Waals surface area contributed by atoms with Gasteiger partial charge < -0.3 is 0 Å². The average Bonchev–Trinajstić information content (AvgIpc) is 3.28. The van der Waals surface area contributed by atoms with Crippen molar-refractivity contribution in [1.82, 2.24) is 20.9 Å². The molecule has 0 aromatic heterocycles. The minimum Gasteiger partial charge on any atom is -0.274 e. The van der Waals surface area contributed by atoms with Crippen molar-refractivity contribution in [2.75, 3.05) is 36.0 Å². The lowest BCUT2D eigenvalue weighted by molar-refractivity contribution is -0.123. The SMILES string of the molecule is O=C1CC(NN2CCCCC2)C(=O)N1c1ccc(N2C(=O)CC(NN3CCCCC3)C2=O)cc1. The molecule has 4 aliphatic heterocycles. The summed E-state index contributed by atoms with van der Waals surface area (Å²) in [4.78, 5) is 53.6. The third-order valence-electron chi connectivity index (χ3n) is 7.05. The summed E-state index contributed by atoms with van der Waals surface area (Å²) in [7, 11) is 0. The summed E-state index contributed by atoms with van der Waals surface area (Å²) in [5, 5.41) is 4.07. The van der Waals surface area contributed by atoms with Crippen molar-refractivity contribution in [3.8, 4) is 0 Å². The maximum absolute atomic E-state index is 13.0. The fourth-order valence-corrected chi connectivity index (χ4v) is 5.25. The maximum Gasteiger partial charge on any atom is 0.252 e. The molecule has 0 bridgehead atoms. The third-order valence-corrected chi connectivity index (χ3v) is 7.05. The molecule has 34 heavy (non-hydrogen) atoms. The second kappa shape index (κ2) is 9.91. The highest BCUT2D eigenvalue weighted by molar-refractivity contribution is 6.24. The molecule has 0 aliphatic carbocycles. The smallest absolute Gasteiger partial charge is 0.252 e. The van der Waals surface area contributed by atoms with Crippen LogP contribution in [-0.2, 0) is 19.2 Å². The van der Waals surface area contributed by atoms with Crippen LogP contribution in [0.25, 0.3) is 0 Å². The number of piperidine rings is 2. The van der Waals surface area contributed by atoms with Crippen LogP contribution < -0.4 is 20.7 Å². The van der Waals surface area contributed by atoms with Gasteiger partial charge in [-0.25, -0.2) is 30.7 Å². The number of hydrogen-bond acceptors (Lipinski definition) is 8. The Morgan fingerprint density at radius 1 is 0.559 bits per heavy atom. The summed E-state index contributed by atoms with van der Waals surface area (Å²) in [6.45, 7) is 3.49. The predicted octanol–water partition coefficient (Wildman–Crippen LogP) is 0.931. The summed E-state index contributed by atoms with van der Waals surface area (Å²) >= 11 is 0. The first-order valence-electron chi connectivity index (χ1n) is 12.4. The highest BCUT2D eigenvalue weighted by Crippen LogP contribution is 2.29. The van der Waals surface area contributed by atoms with Gasteiger partial charge in [-0.05, 0) is 49.9 Å². The van der Waals surface area contributed by atoms with Gasteiger partial charge in [-0.1, -0.05) is 12.8 Å². The second-order valence-electron chi connectivity index (χ2n) is 9.52. The molecule has 5 rings (SSSR count). The van der Waals surface area contributed by atoms with Crippen molar-refractivity contribution in [1.29, 1.82) is 0 Å². The van der Waals surface area contributed by atoms with Crippen LogP contribution in [0.4, 0.5) is 11.4 Å². The van der Waals surface area contributed by atoms with Gasteiger partial charge in [0, 0.05) is 26.2 Å². The summed E-state index contributed by atoms with van der Waals surface area (Å²) in [5.41, 5.74) is 7.33. The average molecular weight is 469 g/mol. The minimum atomic E-state index is -0.561. The fourth-order valence-electron chi connectivity index (χ4n) is 5.25. The van der Waals surface area contributed by atoms with Gasteiger partial charge in [0.25, 0.3) is 11.8 Å². The Balaban J connectivity index is 1.24. The molecular formula is C24H32N6O4. The number of anilines is 2.